The summed E-state index contributed by atoms with van der Waals surface area (Å²) in [5.41, 5.74) is 14.4. The summed E-state index contributed by atoms with van der Waals surface area (Å²) in [4.78, 5) is 0. The minimum absolute atomic E-state index is 0.503. The van der Waals surface area contributed by atoms with E-state index in [0.717, 1.165) is 11.3 Å². The summed E-state index contributed by atoms with van der Waals surface area (Å²) in [5.74, 6) is 0.987. The van der Waals surface area contributed by atoms with E-state index in [0.29, 0.717) is 0 Å². The van der Waals surface area contributed by atoms with Gasteiger partial charge in [0.2, 0.25) is 0 Å². The average Bonchev–Trinajstić information content (AvgIpc) is 3.83. The van der Waals surface area contributed by atoms with Crippen molar-refractivity contribution >= 4 is 43.3 Å². The molecule has 0 N–H and O–H groups in total. The topological polar surface area (TPSA) is 13.1 Å². The molecule has 1 nitrogen and oxygen atoms in total. The van der Waals surface area contributed by atoms with Crippen LogP contribution in [0.25, 0.3) is 88.0 Å². The molecule has 1 atom stereocenters. The molecule has 1 heterocycles. The van der Waals surface area contributed by atoms with Crippen molar-refractivity contribution in [3.8, 4) is 44.7 Å². The second-order valence-corrected chi connectivity index (χ2v) is 14.3. The number of fused-ring (bicyclic) bond motifs is 15. The van der Waals surface area contributed by atoms with Crippen molar-refractivity contribution in [2.45, 2.75) is 5.41 Å². The van der Waals surface area contributed by atoms with Crippen molar-refractivity contribution in [1.82, 2.24) is 0 Å². The zero-order valence-electron chi connectivity index (χ0n) is 28.2. The van der Waals surface area contributed by atoms with E-state index in [1.165, 1.54) is 98.9 Å². The number of hydrogen-bond acceptors (Lipinski definition) is 1. The van der Waals surface area contributed by atoms with Crippen LogP contribution < -0.4 is 0 Å². The van der Waals surface area contributed by atoms with E-state index in [1.54, 1.807) is 0 Å². The molecule has 2 aliphatic carbocycles. The van der Waals surface area contributed by atoms with Gasteiger partial charge in [-0.2, -0.15) is 0 Å². The molecule has 0 aliphatic heterocycles. The molecular formula is C51H30O. The Labute approximate surface area is 301 Å². The van der Waals surface area contributed by atoms with Crippen LogP contribution in [-0.2, 0) is 5.41 Å². The molecule has 1 heteroatoms. The van der Waals surface area contributed by atoms with Crippen molar-refractivity contribution < 1.29 is 4.42 Å². The molecule has 1 spiro atoms. The third kappa shape index (κ3) is 3.48. The fourth-order valence-electron chi connectivity index (χ4n) is 9.84. The Morgan fingerprint density at radius 1 is 0.346 bits per heavy atom. The molecule has 0 radical (unpaired) electrons. The molecule has 240 valence electrons. The zero-order chi connectivity index (χ0) is 34.0. The number of benzene rings is 9. The van der Waals surface area contributed by atoms with E-state index in [-0.39, 0.29) is 0 Å². The summed E-state index contributed by atoms with van der Waals surface area (Å²) in [7, 11) is 0. The first kappa shape index (κ1) is 28.0. The lowest BCUT2D eigenvalue weighted by atomic mass is 9.69. The van der Waals surface area contributed by atoms with Crippen LogP contribution >= 0.6 is 0 Å². The van der Waals surface area contributed by atoms with Gasteiger partial charge in [0.1, 0.15) is 11.3 Å². The van der Waals surface area contributed by atoms with Crippen molar-refractivity contribution in [1.29, 1.82) is 0 Å². The molecule has 2 aliphatic rings. The molecule has 52 heavy (non-hydrogen) atoms. The number of hydrogen-bond donors (Lipinski definition) is 0. The molecule has 10 aromatic rings. The van der Waals surface area contributed by atoms with Gasteiger partial charge >= 0.3 is 0 Å². The van der Waals surface area contributed by atoms with Gasteiger partial charge in [-0.1, -0.05) is 164 Å². The highest BCUT2D eigenvalue weighted by Gasteiger charge is 2.54. The average molecular weight is 659 g/mol. The van der Waals surface area contributed by atoms with Crippen LogP contribution in [0.4, 0.5) is 0 Å². The summed E-state index contributed by atoms with van der Waals surface area (Å²) >= 11 is 0. The largest absolute Gasteiger partial charge is 0.456 e. The van der Waals surface area contributed by atoms with Gasteiger partial charge in [-0.05, 0) is 101 Å². The second-order valence-electron chi connectivity index (χ2n) is 14.3. The van der Waals surface area contributed by atoms with E-state index >= 15 is 0 Å². The van der Waals surface area contributed by atoms with Gasteiger partial charge in [-0.15, -0.1) is 0 Å². The highest BCUT2D eigenvalue weighted by molar-refractivity contribution is 6.22. The lowest BCUT2D eigenvalue weighted by molar-refractivity contribution is 0.628. The SMILES string of the molecule is c1ccc2c(c1)-c1ccc(-c3c4ccccc4c(-c4ccc5ccccc5c4)c4ccccc34)cc1C21c2ccccc2-c2oc3ccccc3c21. The molecule has 0 bridgehead atoms. The highest BCUT2D eigenvalue weighted by Crippen LogP contribution is 2.65. The Morgan fingerprint density at radius 2 is 0.846 bits per heavy atom. The van der Waals surface area contributed by atoms with E-state index in [9.17, 15) is 0 Å². The lowest BCUT2D eigenvalue weighted by Gasteiger charge is -2.30. The highest BCUT2D eigenvalue weighted by atomic mass is 16.3. The van der Waals surface area contributed by atoms with Crippen LogP contribution in [0.3, 0.4) is 0 Å². The van der Waals surface area contributed by atoms with Crippen LogP contribution in [0, 0.1) is 0 Å². The predicted octanol–water partition coefficient (Wildman–Crippen LogP) is 13.6. The molecule has 1 aromatic heterocycles. The first-order chi connectivity index (χ1) is 25.8. The molecule has 0 amide bonds. The van der Waals surface area contributed by atoms with Gasteiger partial charge in [0, 0.05) is 16.5 Å². The summed E-state index contributed by atoms with van der Waals surface area (Å²) in [6.45, 7) is 0. The Kier molecular flexibility index (Phi) is 5.49. The van der Waals surface area contributed by atoms with Crippen LogP contribution in [0.1, 0.15) is 22.3 Å². The number of rotatable bonds is 2. The van der Waals surface area contributed by atoms with Crippen molar-refractivity contribution in [2.75, 3.05) is 0 Å². The Morgan fingerprint density at radius 3 is 1.56 bits per heavy atom. The van der Waals surface area contributed by atoms with Crippen molar-refractivity contribution in [3.05, 3.63) is 204 Å². The van der Waals surface area contributed by atoms with Gasteiger partial charge < -0.3 is 4.42 Å². The summed E-state index contributed by atoms with van der Waals surface area (Å²) in [6, 6.07) is 67.2. The van der Waals surface area contributed by atoms with Gasteiger partial charge in [-0.3, -0.25) is 0 Å². The number of para-hydroxylation sites is 1. The summed E-state index contributed by atoms with van der Waals surface area (Å²) < 4.78 is 6.77. The standard InChI is InChI=1S/C51H30O/c1-2-14-32-29-33(26-25-31(32)13-1)47-37-16-3-5-18-39(37)48(40-19-6-4-17-38(40)47)34-27-28-36-35-15-7-10-22-43(35)51(45(36)30-34)44-23-11-8-20-41(44)50-49(51)42-21-9-12-24-46(42)52-50/h1-30H. The van der Waals surface area contributed by atoms with Gasteiger partial charge in [0.05, 0.1) is 5.41 Å². The molecule has 9 aromatic carbocycles. The van der Waals surface area contributed by atoms with E-state index in [4.69, 9.17) is 4.42 Å². The monoisotopic (exact) mass is 658 g/mol. The molecule has 0 saturated heterocycles. The van der Waals surface area contributed by atoms with Crippen molar-refractivity contribution in [2.24, 2.45) is 0 Å². The first-order valence-electron chi connectivity index (χ1n) is 18.1. The molecule has 12 rings (SSSR count). The van der Waals surface area contributed by atoms with Crippen LogP contribution in [-0.4, -0.2) is 0 Å². The Bertz CT molecular complexity index is 3080. The smallest absolute Gasteiger partial charge is 0.140 e. The minimum Gasteiger partial charge on any atom is -0.456 e. The fourth-order valence-corrected chi connectivity index (χ4v) is 9.84. The van der Waals surface area contributed by atoms with Crippen LogP contribution in [0.5, 0.6) is 0 Å². The quantitative estimate of drug-likeness (QED) is 0.169. The van der Waals surface area contributed by atoms with Crippen molar-refractivity contribution in [3.63, 3.8) is 0 Å². The van der Waals surface area contributed by atoms with E-state index in [2.05, 4.69) is 182 Å². The molecule has 0 fully saturated rings. The maximum Gasteiger partial charge on any atom is 0.140 e. The summed E-state index contributed by atoms with van der Waals surface area (Å²) in [5, 5.41) is 8.73. The molecular weight excluding hydrogens is 629 g/mol. The third-order valence-corrected chi connectivity index (χ3v) is 11.8. The lowest BCUT2D eigenvalue weighted by Crippen LogP contribution is -2.25. The number of furan rings is 1. The van der Waals surface area contributed by atoms with Gasteiger partial charge in [0.25, 0.3) is 0 Å². The van der Waals surface area contributed by atoms with Crippen LogP contribution in [0.2, 0.25) is 0 Å². The fraction of sp³-hybridized carbons (Fsp3) is 0.0196. The van der Waals surface area contributed by atoms with E-state index in [1.807, 2.05) is 0 Å². The normalized spacial score (nSPS) is 15.4. The van der Waals surface area contributed by atoms with E-state index < -0.39 is 5.41 Å². The Hall–Kier alpha value is -6.70. The first-order valence-corrected chi connectivity index (χ1v) is 18.1. The molecule has 0 saturated carbocycles. The molecule has 1 unspecified atom stereocenters. The second kappa shape index (κ2) is 10.2. The zero-order valence-corrected chi connectivity index (χ0v) is 28.2. The summed E-state index contributed by atoms with van der Waals surface area (Å²) in [6.07, 6.45) is 0. The predicted molar refractivity (Wildman–Crippen MR) is 216 cm³/mol. The third-order valence-electron chi connectivity index (χ3n) is 11.8. The maximum absolute atomic E-state index is 6.77. The van der Waals surface area contributed by atoms with Crippen LogP contribution in [0.15, 0.2) is 186 Å². The van der Waals surface area contributed by atoms with Gasteiger partial charge in [-0.25, -0.2) is 0 Å². The minimum atomic E-state index is -0.503. The Balaban J connectivity index is 1.19. The van der Waals surface area contributed by atoms with Gasteiger partial charge in [0.15, 0.2) is 0 Å². The maximum atomic E-state index is 6.77.